The summed E-state index contributed by atoms with van der Waals surface area (Å²) in [6, 6.07) is 0. The first-order chi connectivity index (χ1) is 8.59. The third-order valence-corrected chi connectivity index (χ3v) is 4.57. The van der Waals surface area contributed by atoms with Gasteiger partial charge in [-0.3, -0.25) is 0 Å². The highest BCUT2D eigenvalue weighted by Gasteiger charge is 2.39. The van der Waals surface area contributed by atoms with Crippen molar-refractivity contribution in [2.45, 2.75) is 31.7 Å². The molecule has 1 aliphatic rings. The van der Waals surface area contributed by atoms with Crippen LogP contribution in [0.25, 0.3) is 0 Å². The third kappa shape index (κ3) is 2.40. The molecule has 0 amide bonds. The molecule has 18 heavy (non-hydrogen) atoms. The fourth-order valence-corrected chi connectivity index (χ4v) is 2.96. The van der Waals surface area contributed by atoms with Crippen molar-refractivity contribution in [3.63, 3.8) is 0 Å². The number of hydrogen-bond acceptors (Lipinski definition) is 6. The molecule has 1 heterocycles. The summed E-state index contributed by atoms with van der Waals surface area (Å²) in [5.41, 5.74) is 6.08. The van der Waals surface area contributed by atoms with Crippen LogP contribution in [-0.2, 0) is 0 Å². The third-order valence-electron chi connectivity index (χ3n) is 3.77. The van der Waals surface area contributed by atoms with Gasteiger partial charge in [-0.15, -0.1) is 0 Å². The topological polar surface area (TPSA) is 63.4 Å². The summed E-state index contributed by atoms with van der Waals surface area (Å²) in [6.45, 7) is 3.48. The van der Waals surface area contributed by atoms with E-state index >= 15 is 0 Å². The van der Waals surface area contributed by atoms with E-state index in [4.69, 9.17) is 10.5 Å². The van der Waals surface area contributed by atoms with Gasteiger partial charge in [0.15, 0.2) is 16.6 Å². The van der Waals surface area contributed by atoms with Crippen molar-refractivity contribution in [1.82, 2.24) is 9.27 Å². The second-order valence-electron chi connectivity index (χ2n) is 4.98. The van der Waals surface area contributed by atoms with Crippen LogP contribution in [0.3, 0.4) is 0 Å². The van der Waals surface area contributed by atoms with Crippen LogP contribution in [0, 0.1) is 0 Å². The second-order valence-corrected chi connectivity index (χ2v) is 5.76. The summed E-state index contributed by atoms with van der Waals surface area (Å²) >= 11 is 1.37. The Balaban J connectivity index is 2.01. The van der Waals surface area contributed by atoms with Gasteiger partial charge in [0.05, 0.1) is 6.61 Å². The molecule has 6 heteroatoms. The molecule has 2 rings (SSSR count). The Morgan fingerprint density at radius 3 is 2.72 bits per heavy atom. The summed E-state index contributed by atoms with van der Waals surface area (Å²) in [4.78, 5) is 2.31. The highest BCUT2D eigenvalue weighted by molar-refractivity contribution is 7.11. The van der Waals surface area contributed by atoms with E-state index < -0.39 is 0 Å². The van der Waals surface area contributed by atoms with Gasteiger partial charge in [0.2, 0.25) is 0 Å². The minimum absolute atomic E-state index is 0.280. The SMILES string of the molecule is CCOc1c(N)nsc1NCC1(N(C)C)CCC1. The van der Waals surface area contributed by atoms with Crippen LogP contribution in [0.1, 0.15) is 26.2 Å². The largest absolute Gasteiger partial charge is 0.487 e. The lowest BCUT2D eigenvalue weighted by molar-refractivity contribution is 0.0739. The van der Waals surface area contributed by atoms with Gasteiger partial charge >= 0.3 is 0 Å². The standard InChI is InChI=1S/C12H22N4OS/c1-4-17-9-10(13)15-18-11(9)14-8-12(16(2)3)6-5-7-12/h14H,4-8H2,1-3H3,(H2,13,15). The minimum Gasteiger partial charge on any atom is -0.487 e. The Labute approximate surface area is 112 Å². The summed E-state index contributed by atoms with van der Waals surface area (Å²) in [6.07, 6.45) is 3.79. The van der Waals surface area contributed by atoms with Crippen LogP contribution in [0.5, 0.6) is 5.75 Å². The van der Waals surface area contributed by atoms with Crippen molar-refractivity contribution in [3.05, 3.63) is 0 Å². The van der Waals surface area contributed by atoms with Crippen molar-refractivity contribution in [1.29, 1.82) is 0 Å². The Hall–Kier alpha value is -1.01. The van der Waals surface area contributed by atoms with E-state index in [-0.39, 0.29) is 5.54 Å². The van der Waals surface area contributed by atoms with E-state index in [1.54, 1.807) is 0 Å². The average molecular weight is 270 g/mol. The van der Waals surface area contributed by atoms with Crippen LogP contribution < -0.4 is 15.8 Å². The zero-order valence-electron chi connectivity index (χ0n) is 11.3. The molecule has 1 fully saturated rings. The van der Waals surface area contributed by atoms with E-state index in [1.807, 2.05) is 6.92 Å². The van der Waals surface area contributed by atoms with Gasteiger partial charge < -0.3 is 20.7 Å². The molecule has 3 N–H and O–H groups in total. The Kier molecular flexibility index (Phi) is 3.97. The van der Waals surface area contributed by atoms with Crippen molar-refractivity contribution >= 4 is 22.4 Å². The molecule has 0 aliphatic heterocycles. The smallest absolute Gasteiger partial charge is 0.197 e. The van der Waals surface area contributed by atoms with Gasteiger partial charge in [0, 0.05) is 12.1 Å². The molecular weight excluding hydrogens is 248 g/mol. The molecule has 0 radical (unpaired) electrons. The summed E-state index contributed by atoms with van der Waals surface area (Å²) in [5.74, 6) is 1.19. The number of nitrogens with two attached hydrogens (primary N) is 1. The van der Waals surface area contributed by atoms with Gasteiger partial charge in [0.1, 0.15) is 0 Å². The number of nitrogens with zero attached hydrogens (tertiary/aromatic N) is 2. The first kappa shape index (κ1) is 13.4. The fraction of sp³-hybridized carbons (Fsp3) is 0.750. The Bertz CT molecular complexity index is 401. The number of rotatable bonds is 6. The van der Waals surface area contributed by atoms with Crippen LogP contribution >= 0.6 is 11.5 Å². The molecule has 1 aromatic rings. The molecule has 0 spiro atoms. The molecule has 0 atom stereocenters. The van der Waals surface area contributed by atoms with Crippen LogP contribution in [0.2, 0.25) is 0 Å². The molecule has 5 nitrogen and oxygen atoms in total. The first-order valence-electron chi connectivity index (χ1n) is 6.38. The maximum absolute atomic E-state index is 5.80. The lowest BCUT2D eigenvalue weighted by atomic mass is 9.75. The van der Waals surface area contributed by atoms with Crippen molar-refractivity contribution < 1.29 is 4.74 Å². The van der Waals surface area contributed by atoms with Crippen molar-refractivity contribution in [2.24, 2.45) is 0 Å². The second kappa shape index (κ2) is 5.32. The number of hydrogen-bond donors (Lipinski definition) is 2. The summed E-state index contributed by atoms with van der Waals surface area (Å²) in [5, 5.41) is 4.40. The lowest BCUT2D eigenvalue weighted by Gasteiger charge is -2.47. The molecule has 1 saturated carbocycles. The highest BCUT2D eigenvalue weighted by atomic mass is 32.1. The minimum atomic E-state index is 0.280. The zero-order chi connectivity index (χ0) is 13.2. The van der Waals surface area contributed by atoms with E-state index in [0.29, 0.717) is 18.2 Å². The van der Waals surface area contributed by atoms with E-state index in [0.717, 1.165) is 11.5 Å². The predicted octanol–water partition coefficient (Wildman–Crippen LogP) is 2.02. The maximum atomic E-state index is 5.80. The molecular formula is C12H22N4OS. The summed E-state index contributed by atoms with van der Waals surface area (Å²) < 4.78 is 9.67. The number of anilines is 2. The monoisotopic (exact) mass is 270 g/mol. The van der Waals surface area contributed by atoms with Gasteiger partial charge in [-0.25, -0.2) is 0 Å². The number of nitrogens with one attached hydrogen (secondary N) is 1. The van der Waals surface area contributed by atoms with Crippen LogP contribution in [-0.4, -0.2) is 42.1 Å². The zero-order valence-corrected chi connectivity index (χ0v) is 12.1. The van der Waals surface area contributed by atoms with Gasteiger partial charge in [0.25, 0.3) is 0 Å². The van der Waals surface area contributed by atoms with Crippen LogP contribution in [0.15, 0.2) is 0 Å². The molecule has 0 unspecified atom stereocenters. The van der Waals surface area contributed by atoms with Gasteiger partial charge in [-0.1, -0.05) is 0 Å². The molecule has 0 saturated heterocycles. The Morgan fingerprint density at radius 1 is 1.50 bits per heavy atom. The number of aromatic nitrogens is 1. The van der Waals surface area contributed by atoms with E-state index in [1.165, 1.54) is 30.8 Å². The average Bonchev–Trinajstić information content (AvgIpc) is 2.60. The van der Waals surface area contributed by atoms with E-state index in [2.05, 4.69) is 28.7 Å². The van der Waals surface area contributed by atoms with Gasteiger partial charge in [-0.05, 0) is 51.8 Å². The molecule has 102 valence electrons. The summed E-state index contributed by atoms with van der Waals surface area (Å²) in [7, 11) is 4.29. The maximum Gasteiger partial charge on any atom is 0.197 e. The van der Waals surface area contributed by atoms with Crippen molar-refractivity contribution in [2.75, 3.05) is 38.3 Å². The van der Waals surface area contributed by atoms with Crippen molar-refractivity contribution in [3.8, 4) is 5.75 Å². The number of nitrogen functional groups attached to an aromatic ring is 1. The molecule has 0 aromatic carbocycles. The van der Waals surface area contributed by atoms with Gasteiger partial charge in [-0.2, -0.15) is 4.37 Å². The quantitative estimate of drug-likeness (QED) is 0.828. The Morgan fingerprint density at radius 2 is 2.22 bits per heavy atom. The molecule has 0 bridgehead atoms. The highest BCUT2D eigenvalue weighted by Crippen LogP contribution is 2.39. The number of likely N-dealkylation sites (N-methyl/N-ethyl adjacent to an activating group) is 1. The lowest BCUT2D eigenvalue weighted by Crippen LogP contribution is -2.54. The fourth-order valence-electron chi connectivity index (χ4n) is 2.30. The van der Waals surface area contributed by atoms with Crippen LogP contribution in [0.4, 0.5) is 10.8 Å². The first-order valence-corrected chi connectivity index (χ1v) is 7.15. The predicted molar refractivity (Wildman–Crippen MR) is 76.5 cm³/mol. The molecule has 1 aromatic heterocycles. The molecule has 1 aliphatic carbocycles. The number of ether oxygens (including phenoxy) is 1. The normalized spacial score (nSPS) is 17.6. The van der Waals surface area contributed by atoms with E-state index in [9.17, 15) is 0 Å².